The number of anilines is 3. The average molecular weight is 503 g/mol. The van der Waals surface area contributed by atoms with E-state index in [-0.39, 0.29) is 11.0 Å². The van der Waals surface area contributed by atoms with Gasteiger partial charge in [0.1, 0.15) is 11.6 Å². The number of nitrogens with one attached hydrogen (secondary N) is 1. The number of benzene rings is 1. The summed E-state index contributed by atoms with van der Waals surface area (Å²) in [5, 5.41) is 11.0. The molecule has 34 heavy (non-hydrogen) atoms. The fourth-order valence-corrected chi connectivity index (χ4v) is 4.99. The fourth-order valence-electron chi connectivity index (χ4n) is 3.72. The van der Waals surface area contributed by atoms with Crippen LogP contribution in [0.1, 0.15) is 20.3 Å². The van der Waals surface area contributed by atoms with Gasteiger partial charge < -0.3 is 19.9 Å². The number of thiazole rings is 1. The van der Waals surface area contributed by atoms with Crippen LogP contribution in [0.15, 0.2) is 46.8 Å². The van der Waals surface area contributed by atoms with Crippen LogP contribution in [-0.2, 0) is 10.0 Å². The predicted molar refractivity (Wildman–Crippen MR) is 137 cm³/mol. The molecule has 3 N–H and O–H groups in total. The summed E-state index contributed by atoms with van der Waals surface area (Å²) >= 11 is 1.41. The van der Waals surface area contributed by atoms with Crippen LogP contribution in [-0.4, -0.2) is 62.6 Å². The summed E-state index contributed by atoms with van der Waals surface area (Å²) in [6.45, 7) is 7.90. The minimum absolute atomic E-state index is 0.00220. The van der Waals surface area contributed by atoms with Gasteiger partial charge in [0, 0.05) is 36.8 Å². The molecular weight excluding hydrogens is 472 g/mol. The van der Waals surface area contributed by atoms with Crippen molar-refractivity contribution in [2.24, 2.45) is 5.14 Å². The van der Waals surface area contributed by atoms with Crippen LogP contribution in [0.25, 0.3) is 11.3 Å². The highest BCUT2D eigenvalue weighted by Crippen LogP contribution is 2.34. The van der Waals surface area contributed by atoms with Gasteiger partial charge in [0.25, 0.3) is 0 Å². The molecule has 0 spiro atoms. The molecule has 0 radical (unpaired) electrons. The zero-order valence-corrected chi connectivity index (χ0v) is 21.2. The first-order chi connectivity index (χ1) is 16.2. The minimum atomic E-state index is -3.85. The third kappa shape index (κ3) is 6.03. The summed E-state index contributed by atoms with van der Waals surface area (Å²) in [7, 11) is -1.70. The van der Waals surface area contributed by atoms with E-state index in [2.05, 4.69) is 32.1 Å². The summed E-state index contributed by atoms with van der Waals surface area (Å²) in [6.07, 6.45) is 2.88. The van der Waals surface area contributed by atoms with E-state index in [0.29, 0.717) is 16.6 Å². The summed E-state index contributed by atoms with van der Waals surface area (Å²) in [5.41, 5.74) is 2.19. The van der Waals surface area contributed by atoms with Crippen molar-refractivity contribution in [1.29, 1.82) is 0 Å². The van der Waals surface area contributed by atoms with Crippen LogP contribution >= 0.6 is 11.3 Å². The molecule has 9 nitrogen and oxygen atoms in total. The normalized spacial score (nSPS) is 15.4. The number of hydrogen-bond donors (Lipinski definition) is 2. The molecule has 4 rings (SSSR count). The van der Waals surface area contributed by atoms with Crippen molar-refractivity contribution in [3.05, 3.63) is 41.9 Å². The Morgan fingerprint density at radius 3 is 2.68 bits per heavy atom. The molecule has 1 aliphatic rings. The monoisotopic (exact) mass is 502 g/mol. The van der Waals surface area contributed by atoms with Crippen LogP contribution in [0, 0.1) is 0 Å². The first kappa shape index (κ1) is 24.4. The lowest BCUT2D eigenvalue weighted by Crippen LogP contribution is -2.29. The molecule has 1 fully saturated rings. The Morgan fingerprint density at radius 2 is 1.97 bits per heavy atom. The Kier molecular flexibility index (Phi) is 7.36. The maximum Gasteiger partial charge on any atom is 0.238 e. The molecule has 1 aromatic carbocycles. The molecule has 0 saturated carbocycles. The lowest BCUT2D eigenvalue weighted by molar-refractivity contribution is 0.243. The van der Waals surface area contributed by atoms with Crippen LogP contribution in [0.4, 0.5) is 16.6 Å². The molecule has 182 valence electrons. The van der Waals surface area contributed by atoms with E-state index >= 15 is 0 Å². The third-order valence-electron chi connectivity index (χ3n) is 5.48. The number of nitrogens with zero attached hydrogens (tertiary/aromatic N) is 4. The Balaban J connectivity index is 1.52. The number of likely N-dealkylation sites (N-methyl/N-ethyl adjacent to an activating group) is 1. The SMILES string of the molecule is CC(C)Oc1ccc(S(N)(=O)=O)cc1Nc1nc(-c2ccc(N3CCCN(C)CC3)nc2)cs1. The second-order valence-electron chi connectivity index (χ2n) is 8.58. The molecule has 2 aromatic heterocycles. The maximum atomic E-state index is 11.8. The van der Waals surface area contributed by atoms with Crippen molar-refractivity contribution >= 4 is 38.0 Å². The molecule has 11 heteroatoms. The van der Waals surface area contributed by atoms with Gasteiger partial charge in [-0.25, -0.2) is 23.5 Å². The molecule has 1 saturated heterocycles. The average Bonchev–Trinajstić information content (AvgIpc) is 3.14. The van der Waals surface area contributed by atoms with E-state index in [1.807, 2.05) is 37.6 Å². The van der Waals surface area contributed by atoms with E-state index in [1.54, 1.807) is 6.07 Å². The zero-order valence-electron chi connectivity index (χ0n) is 19.6. The zero-order chi connectivity index (χ0) is 24.3. The summed E-state index contributed by atoms with van der Waals surface area (Å²) in [5.74, 6) is 1.50. The smallest absolute Gasteiger partial charge is 0.238 e. The number of aromatic nitrogens is 2. The first-order valence-corrected chi connectivity index (χ1v) is 13.6. The topological polar surface area (TPSA) is 114 Å². The molecule has 0 atom stereocenters. The largest absolute Gasteiger partial charge is 0.489 e. The van der Waals surface area contributed by atoms with Gasteiger partial charge in [-0.3, -0.25) is 0 Å². The highest BCUT2D eigenvalue weighted by atomic mass is 32.2. The molecule has 0 unspecified atom stereocenters. The number of primary sulfonamides is 1. The number of hydrogen-bond acceptors (Lipinski definition) is 9. The van der Waals surface area contributed by atoms with Gasteiger partial charge >= 0.3 is 0 Å². The molecule has 3 heterocycles. The summed E-state index contributed by atoms with van der Waals surface area (Å²) in [4.78, 5) is 14.0. The lowest BCUT2D eigenvalue weighted by atomic mass is 10.2. The van der Waals surface area contributed by atoms with Crippen molar-refractivity contribution in [2.45, 2.75) is 31.3 Å². The van der Waals surface area contributed by atoms with Gasteiger partial charge in [-0.15, -0.1) is 11.3 Å². The highest BCUT2D eigenvalue weighted by Gasteiger charge is 2.16. The summed E-state index contributed by atoms with van der Waals surface area (Å²) in [6, 6.07) is 8.56. The Labute approximate surface area is 204 Å². The molecule has 1 aliphatic heterocycles. The van der Waals surface area contributed by atoms with Crippen molar-refractivity contribution in [3.63, 3.8) is 0 Å². The second kappa shape index (κ2) is 10.3. The van der Waals surface area contributed by atoms with Gasteiger partial charge in [-0.2, -0.15) is 0 Å². The van der Waals surface area contributed by atoms with E-state index in [9.17, 15) is 8.42 Å². The van der Waals surface area contributed by atoms with Crippen molar-refractivity contribution in [1.82, 2.24) is 14.9 Å². The van der Waals surface area contributed by atoms with Gasteiger partial charge in [-0.05, 0) is 64.2 Å². The van der Waals surface area contributed by atoms with Crippen LogP contribution in [0.5, 0.6) is 5.75 Å². The molecule has 0 aliphatic carbocycles. The molecule has 0 amide bonds. The highest BCUT2D eigenvalue weighted by molar-refractivity contribution is 7.89. The van der Waals surface area contributed by atoms with Crippen LogP contribution in [0.2, 0.25) is 0 Å². The van der Waals surface area contributed by atoms with E-state index < -0.39 is 10.0 Å². The maximum absolute atomic E-state index is 11.8. The summed E-state index contributed by atoms with van der Waals surface area (Å²) < 4.78 is 29.5. The molecule has 0 bridgehead atoms. The quantitative estimate of drug-likeness (QED) is 0.504. The lowest BCUT2D eigenvalue weighted by Gasteiger charge is -2.21. The number of ether oxygens (including phenoxy) is 1. The Morgan fingerprint density at radius 1 is 1.15 bits per heavy atom. The van der Waals surface area contributed by atoms with Crippen molar-refractivity contribution < 1.29 is 13.2 Å². The number of nitrogens with two attached hydrogens (primary N) is 1. The fraction of sp³-hybridized carbons (Fsp3) is 0.391. The number of sulfonamides is 1. The first-order valence-electron chi connectivity index (χ1n) is 11.1. The van der Waals surface area contributed by atoms with Crippen molar-refractivity contribution in [2.75, 3.05) is 43.4 Å². The third-order valence-corrected chi connectivity index (χ3v) is 7.14. The Hall–Kier alpha value is -2.73. The van der Waals surface area contributed by atoms with Gasteiger partial charge in [0.05, 0.1) is 22.4 Å². The van der Waals surface area contributed by atoms with E-state index in [4.69, 9.17) is 9.88 Å². The minimum Gasteiger partial charge on any atom is -0.489 e. The van der Waals surface area contributed by atoms with Crippen molar-refractivity contribution in [3.8, 4) is 17.0 Å². The molecule has 3 aromatic rings. The van der Waals surface area contributed by atoms with Crippen LogP contribution in [0.3, 0.4) is 0 Å². The van der Waals surface area contributed by atoms with E-state index in [0.717, 1.165) is 49.7 Å². The van der Waals surface area contributed by atoms with Gasteiger partial charge in [0.15, 0.2) is 5.13 Å². The second-order valence-corrected chi connectivity index (χ2v) is 11.0. The number of pyridine rings is 1. The van der Waals surface area contributed by atoms with Crippen LogP contribution < -0.4 is 20.1 Å². The predicted octanol–water partition coefficient (Wildman–Crippen LogP) is 3.53. The van der Waals surface area contributed by atoms with E-state index in [1.165, 1.54) is 23.5 Å². The van der Waals surface area contributed by atoms with Gasteiger partial charge in [-0.1, -0.05) is 0 Å². The Bertz CT molecular complexity index is 1230. The van der Waals surface area contributed by atoms with Gasteiger partial charge in [0.2, 0.25) is 10.0 Å². The number of rotatable bonds is 7. The molecular formula is C23H30N6O3S2. The standard InChI is InChI=1S/C23H30N6O3S2/c1-16(2)32-21-7-6-18(34(24,30)31)13-19(21)26-23-27-20(15-33-23)17-5-8-22(25-14-17)29-10-4-9-28(3)11-12-29/h5-8,13-16H,4,9-12H2,1-3H3,(H,26,27)(H2,24,30,31).